The molecule has 90 valence electrons. The fraction of sp³-hybridized carbons (Fsp3) is 1.00. The lowest BCUT2D eigenvalue weighted by Crippen LogP contribution is -2.50. The molecule has 2 fully saturated rings. The van der Waals surface area contributed by atoms with Gasteiger partial charge >= 0.3 is 0 Å². The molecule has 1 aliphatic carbocycles. The molecule has 0 radical (unpaired) electrons. The maximum atomic E-state index is 4.93. The predicted molar refractivity (Wildman–Crippen MR) is 68.8 cm³/mol. The van der Waals surface area contributed by atoms with Gasteiger partial charge in [-0.05, 0) is 50.4 Å². The summed E-state index contributed by atoms with van der Waals surface area (Å²) in [6.07, 6.45) is 7.04. The molecule has 2 aliphatic heterocycles. The molecule has 0 spiro atoms. The summed E-state index contributed by atoms with van der Waals surface area (Å²) < 4.78 is 4.93. The van der Waals surface area contributed by atoms with Gasteiger partial charge in [0.2, 0.25) is 0 Å². The third kappa shape index (κ3) is 1.95. The number of nitrogens with one attached hydrogen (secondary N) is 1. The lowest BCUT2D eigenvalue weighted by Gasteiger charge is -2.46. The van der Waals surface area contributed by atoms with Crippen molar-refractivity contribution in [3.8, 4) is 0 Å². The molecule has 6 unspecified atom stereocenters. The molecule has 0 aromatic rings. The van der Waals surface area contributed by atoms with Crippen molar-refractivity contribution in [1.82, 2.24) is 5.32 Å². The molecule has 1 N–H and O–H groups in total. The lowest BCUT2D eigenvalue weighted by atomic mass is 9.70. The largest absolute Gasteiger partial charge is 0.303 e. The minimum absolute atomic E-state index is 0.679. The molecule has 3 aliphatic rings. The summed E-state index contributed by atoms with van der Waals surface area (Å²) in [7, 11) is 1.34. The zero-order chi connectivity index (χ0) is 11.1. The zero-order valence-corrected chi connectivity index (χ0v) is 11.3. The van der Waals surface area contributed by atoms with E-state index in [2.05, 4.69) is 19.2 Å². The number of piperidine rings is 1. The quantitative estimate of drug-likeness (QED) is 0.640. The van der Waals surface area contributed by atoms with Gasteiger partial charge < -0.3 is 5.32 Å². The van der Waals surface area contributed by atoms with Crippen LogP contribution in [0.5, 0.6) is 0 Å². The summed E-state index contributed by atoms with van der Waals surface area (Å²) in [6.45, 7) is 4.72. The Morgan fingerprint density at radius 3 is 2.75 bits per heavy atom. The highest BCUT2D eigenvalue weighted by molar-refractivity contribution is 7.27. The molecular weight excluding hydrogens is 215 g/mol. The molecule has 2 nitrogen and oxygen atoms in total. The monoisotopic (exact) mass is 238 g/mol. The first-order valence-corrected chi connectivity index (χ1v) is 7.81. The first kappa shape index (κ1) is 11.2. The van der Waals surface area contributed by atoms with E-state index in [0.29, 0.717) is 17.9 Å². The second-order valence-corrected chi connectivity index (χ2v) is 7.15. The zero-order valence-electron chi connectivity index (χ0n) is 10.4. The number of hydrogen-bond donors (Lipinski definition) is 1. The van der Waals surface area contributed by atoms with Gasteiger partial charge in [-0.25, -0.2) is 0 Å². The number of fused-ring (bicyclic) bond motifs is 3. The molecule has 0 aromatic heterocycles. The molecular formula is C13H23N2P. The third-order valence-corrected chi connectivity index (χ3v) is 6.02. The van der Waals surface area contributed by atoms with E-state index in [4.69, 9.17) is 4.74 Å². The Balaban J connectivity index is 1.78. The molecule has 3 rings (SSSR count). The molecule has 2 heterocycles. The fourth-order valence-corrected chi connectivity index (χ4v) is 5.27. The van der Waals surface area contributed by atoms with Crippen LogP contribution < -0.4 is 5.32 Å². The minimum Gasteiger partial charge on any atom is -0.303 e. The predicted octanol–water partition coefficient (Wildman–Crippen LogP) is 3.65. The van der Waals surface area contributed by atoms with Crippen molar-refractivity contribution in [1.29, 1.82) is 0 Å². The Kier molecular flexibility index (Phi) is 3.06. The second kappa shape index (κ2) is 4.38. The van der Waals surface area contributed by atoms with E-state index in [1.807, 2.05) is 0 Å². The van der Waals surface area contributed by atoms with Crippen LogP contribution in [0, 0.1) is 17.8 Å². The molecule has 16 heavy (non-hydrogen) atoms. The van der Waals surface area contributed by atoms with Gasteiger partial charge in [-0.15, -0.1) is 0 Å². The summed E-state index contributed by atoms with van der Waals surface area (Å²) >= 11 is 0. The number of hydrogen-bond acceptors (Lipinski definition) is 2. The summed E-state index contributed by atoms with van der Waals surface area (Å²) in [5, 5.41) is 3.76. The van der Waals surface area contributed by atoms with Gasteiger partial charge in [-0.2, -0.15) is 0 Å². The van der Waals surface area contributed by atoms with E-state index in [9.17, 15) is 0 Å². The molecule has 0 aromatic carbocycles. The van der Waals surface area contributed by atoms with Gasteiger partial charge in [-0.3, -0.25) is 4.74 Å². The van der Waals surface area contributed by atoms with Gasteiger partial charge in [0.15, 0.2) is 0 Å². The highest BCUT2D eigenvalue weighted by Gasteiger charge is 2.42. The average molecular weight is 238 g/mol. The summed E-state index contributed by atoms with van der Waals surface area (Å²) in [6, 6.07) is 1.41. The summed E-state index contributed by atoms with van der Waals surface area (Å²) in [5.41, 5.74) is 0. The Bertz CT molecular complexity index is 264. The Labute approximate surface area is 100 Å². The first-order valence-electron chi connectivity index (χ1n) is 6.90. The van der Waals surface area contributed by atoms with E-state index in [-0.39, 0.29) is 0 Å². The van der Waals surface area contributed by atoms with E-state index in [1.165, 1.54) is 40.5 Å². The van der Waals surface area contributed by atoms with E-state index >= 15 is 0 Å². The van der Waals surface area contributed by atoms with Crippen LogP contribution in [-0.2, 0) is 0 Å². The third-order valence-electron chi connectivity index (χ3n) is 4.81. The van der Waals surface area contributed by atoms with Crippen molar-refractivity contribution >= 4 is 8.37 Å². The Morgan fingerprint density at radius 2 is 1.88 bits per heavy atom. The molecule has 0 bridgehead atoms. The van der Waals surface area contributed by atoms with Crippen LogP contribution in [0.4, 0.5) is 0 Å². The molecule has 3 heteroatoms. The Hall–Kier alpha value is 0.0600. The first-order chi connectivity index (χ1) is 7.74. The van der Waals surface area contributed by atoms with Crippen LogP contribution in [0.2, 0.25) is 0 Å². The normalized spacial score (nSPS) is 52.9. The molecule has 1 saturated heterocycles. The van der Waals surface area contributed by atoms with Gasteiger partial charge in [0.1, 0.15) is 0 Å². The van der Waals surface area contributed by atoms with E-state index in [1.54, 1.807) is 0 Å². The average Bonchev–Trinajstić information content (AvgIpc) is 2.28. The van der Waals surface area contributed by atoms with Gasteiger partial charge in [-0.1, -0.05) is 13.3 Å². The topological polar surface area (TPSA) is 24.4 Å². The lowest BCUT2D eigenvalue weighted by molar-refractivity contribution is 0.130. The van der Waals surface area contributed by atoms with Crippen LogP contribution in [0.3, 0.4) is 0 Å². The van der Waals surface area contributed by atoms with Crippen LogP contribution >= 0.6 is 8.37 Å². The SMILES string of the molecule is CC1CCC2C(C1)N=PC1NC(C)CCC12. The van der Waals surface area contributed by atoms with Crippen LogP contribution in [0.1, 0.15) is 46.0 Å². The van der Waals surface area contributed by atoms with E-state index in [0.717, 1.165) is 17.8 Å². The van der Waals surface area contributed by atoms with Crippen molar-refractivity contribution in [2.24, 2.45) is 22.5 Å². The van der Waals surface area contributed by atoms with Gasteiger partial charge in [0, 0.05) is 14.4 Å². The van der Waals surface area contributed by atoms with Crippen molar-refractivity contribution in [3.63, 3.8) is 0 Å². The molecule has 1 saturated carbocycles. The van der Waals surface area contributed by atoms with Crippen molar-refractivity contribution in [3.05, 3.63) is 0 Å². The maximum absolute atomic E-state index is 4.93. The summed E-state index contributed by atoms with van der Waals surface area (Å²) in [4.78, 5) is 0. The Morgan fingerprint density at radius 1 is 1.06 bits per heavy atom. The molecule has 6 atom stereocenters. The van der Waals surface area contributed by atoms with E-state index < -0.39 is 0 Å². The smallest absolute Gasteiger partial charge is 0.0702 e. The highest BCUT2D eigenvalue weighted by atomic mass is 31.1. The van der Waals surface area contributed by atoms with Crippen molar-refractivity contribution in [2.45, 2.75) is 63.8 Å². The standard InChI is InChI=1S/C13H23N2P/c1-8-3-5-10-11-6-4-9(2)14-13(11)16-15-12(10)7-8/h8-14H,3-7H2,1-2H3. The van der Waals surface area contributed by atoms with Crippen molar-refractivity contribution in [2.75, 3.05) is 0 Å². The fourth-order valence-electron chi connectivity index (χ4n) is 3.83. The summed E-state index contributed by atoms with van der Waals surface area (Å²) in [5.74, 6) is 3.42. The maximum Gasteiger partial charge on any atom is 0.0702 e. The second-order valence-electron chi connectivity index (χ2n) is 6.13. The van der Waals surface area contributed by atoms with Crippen LogP contribution in [-0.4, -0.2) is 17.9 Å². The highest BCUT2D eigenvalue weighted by Crippen LogP contribution is 2.47. The minimum atomic E-state index is 0.679. The van der Waals surface area contributed by atoms with Crippen LogP contribution in [0.25, 0.3) is 0 Å². The molecule has 0 amide bonds. The van der Waals surface area contributed by atoms with Crippen molar-refractivity contribution < 1.29 is 0 Å². The number of rotatable bonds is 0. The van der Waals surface area contributed by atoms with Gasteiger partial charge in [0.25, 0.3) is 0 Å². The van der Waals surface area contributed by atoms with Gasteiger partial charge in [0.05, 0.1) is 11.8 Å². The number of nitrogens with zero attached hydrogens (tertiary/aromatic N) is 1. The van der Waals surface area contributed by atoms with Crippen LogP contribution in [0.15, 0.2) is 4.74 Å².